The van der Waals surface area contributed by atoms with E-state index in [1.165, 1.54) is 18.9 Å². The number of amides is 1. The Morgan fingerprint density at radius 2 is 2.29 bits per heavy atom. The van der Waals surface area contributed by atoms with Crippen LogP contribution in [0.3, 0.4) is 0 Å². The van der Waals surface area contributed by atoms with Gasteiger partial charge < -0.3 is 0 Å². The first-order valence-electron chi connectivity index (χ1n) is 3.48. The zero-order valence-corrected chi connectivity index (χ0v) is 8.93. The summed E-state index contributed by atoms with van der Waals surface area (Å²) in [5.41, 5.74) is 0. The molecule has 0 radical (unpaired) electrons. The monoisotopic (exact) mass is 235 g/mol. The number of hydrogen-bond acceptors (Lipinski definition) is 5. The van der Waals surface area contributed by atoms with Crippen molar-refractivity contribution in [2.75, 3.05) is 11.9 Å². The highest BCUT2D eigenvalue weighted by atomic mass is 35.5. The summed E-state index contributed by atoms with van der Waals surface area (Å²) in [6.45, 7) is 1.33. The Kier molecular flexibility index (Phi) is 3.02. The molecule has 1 aromatic heterocycles. The molecule has 1 heterocycles. The normalized spacial score (nSPS) is 9.93. The lowest BCUT2D eigenvalue weighted by molar-refractivity contribution is -0.380. The Morgan fingerprint density at radius 3 is 2.64 bits per heavy atom. The van der Waals surface area contributed by atoms with Crippen LogP contribution in [-0.2, 0) is 4.79 Å². The first kappa shape index (κ1) is 10.9. The largest absolute Gasteiger partial charge is 0.364 e. The summed E-state index contributed by atoms with van der Waals surface area (Å²) < 4.78 is 0. The molecule has 0 saturated heterocycles. The van der Waals surface area contributed by atoms with Crippen molar-refractivity contribution >= 4 is 39.0 Å². The van der Waals surface area contributed by atoms with Gasteiger partial charge in [0.25, 0.3) is 0 Å². The zero-order chi connectivity index (χ0) is 10.9. The van der Waals surface area contributed by atoms with Crippen LogP contribution in [-0.4, -0.2) is 22.9 Å². The van der Waals surface area contributed by atoms with Gasteiger partial charge in [0, 0.05) is 14.0 Å². The molecule has 0 aliphatic heterocycles. The van der Waals surface area contributed by atoms with Crippen molar-refractivity contribution in [3.63, 3.8) is 0 Å². The maximum atomic E-state index is 10.9. The van der Waals surface area contributed by atoms with Crippen molar-refractivity contribution in [1.29, 1.82) is 0 Å². The van der Waals surface area contributed by atoms with Gasteiger partial charge in [-0.25, -0.2) is 4.98 Å². The molecular weight excluding hydrogens is 230 g/mol. The van der Waals surface area contributed by atoms with Crippen LogP contribution in [0.4, 0.5) is 10.1 Å². The van der Waals surface area contributed by atoms with Gasteiger partial charge in [-0.15, -0.1) is 0 Å². The Morgan fingerprint density at radius 1 is 1.71 bits per heavy atom. The van der Waals surface area contributed by atoms with Gasteiger partial charge in [0.1, 0.15) is 0 Å². The number of rotatable bonds is 2. The highest BCUT2D eigenvalue weighted by Gasteiger charge is 2.22. The van der Waals surface area contributed by atoms with Gasteiger partial charge in [-0.2, -0.15) is 0 Å². The quantitative estimate of drug-likeness (QED) is 0.577. The topological polar surface area (TPSA) is 76.3 Å². The molecule has 0 bridgehead atoms. The highest BCUT2D eigenvalue weighted by molar-refractivity contribution is 7.19. The lowest BCUT2D eigenvalue weighted by atomic mass is 10.6. The summed E-state index contributed by atoms with van der Waals surface area (Å²) in [7, 11) is 1.47. The minimum Gasteiger partial charge on any atom is -0.291 e. The minimum atomic E-state index is -0.628. The number of halogens is 1. The summed E-state index contributed by atoms with van der Waals surface area (Å²) in [5.74, 6) is -0.259. The average molecular weight is 236 g/mol. The number of carbonyl (C=O) groups excluding carboxylic acids is 1. The number of aromatic nitrogens is 1. The third kappa shape index (κ3) is 1.99. The lowest BCUT2D eigenvalue weighted by Gasteiger charge is -2.08. The van der Waals surface area contributed by atoms with Gasteiger partial charge in [-0.05, 0) is 11.3 Å². The van der Waals surface area contributed by atoms with Crippen LogP contribution in [0.2, 0.25) is 5.15 Å². The molecule has 0 atom stereocenters. The van der Waals surface area contributed by atoms with E-state index in [-0.39, 0.29) is 21.2 Å². The highest BCUT2D eigenvalue weighted by Crippen LogP contribution is 2.35. The predicted molar refractivity (Wildman–Crippen MR) is 52.9 cm³/mol. The standard InChI is InChI=1S/C6H6ClN3O3S/c1-3(11)9(2)6-8-4(7)5(14-6)10(12)13/h1-2H3. The van der Waals surface area contributed by atoms with Crippen LogP contribution in [0.25, 0.3) is 0 Å². The average Bonchev–Trinajstić information content (AvgIpc) is 2.45. The SMILES string of the molecule is CC(=O)N(C)c1nc(Cl)c([N+](=O)[O-])s1. The lowest BCUT2D eigenvalue weighted by Crippen LogP contribution is -2.22. The van der Waals surface area contributed by atoms with E-state index < -0.39 is 4.92 Å². The van der Waals surface area contributed by atoms with Gasteiger partial charge in [0.15, 0.2) is 5.13 Å². The molecule has 1 rings (SSSR count). The molecule has 0 N–H and O–H groups in total. The zero-order valence-electron chi connectivity index (χ0n) is 7.35. The van der Waals surface area contributed by atoms with E-state index in [9.17, 15) is 14.9 Å². The van der Waals surface area contributed by atoms with Crippen LogP contribution in [0.15, 0.2) is 0 Å². The molecule has 8 heteroatoms. The van der Waals surface area contributed by atoms with Crippen molar-refractivity contribution in [1.82, 2.24) is 4.98 Å². The maximum Gasteiger partial charge on any atom is 0.364 e. The van der Waals surface area contributed by atoms with Crippen LogP contribution in [0.5, 0.6) is 0 Å². The Labute approximate surface area is 88.3 Å². The molecule has 6 nitrogen and oxygen atoms in total. The van der Waals surface area contributed by atoms with Crippen LogP contribution in [0, 0.1) is 10.1 Å². The fourth-order valence-corrected chi connectivity index (χ4v) is 1.77. The van der Waals surface area contributed by atoms with Gasteiger partial charge in [0.05, 0.1) is 4.92 Å². The molecule has 0 spiro atoms. The Bertz CT molecular complexity index is 392. The molecule has 0 saturated carbocycles. The van der Waals surface area contributed by atoms with Crippen LogP contribution < -0.4 is 4.90 Å². The van der Waals surface area contributed by atoms with Gasteiger partial charge in [-0.3, -0.25) is 19.8 Å². The molecule has 14 heavy (non-hydrogen) atoms. The summed E-state index contributed by atoms with van der Waals surface area (Å²) in [4.78, 5) is 25.6. The van der Waals surface area contributed by atoms with E-state index in [4.69, 9.17) is 11.6 Å². The van der Waals surface area contributed by atoms with Crippen LogP contribution >= 0.6 is 22.9 Å². The molecule has 1 aromatic rings. The Balaban J connectivity index is 3.08. The fourth-order valence-electron chi connectivity index (χ4n) is 0.674. The molecular formula is C6H6ClN3O3S. The molecule has 0 aromatic carbocycles. The summed E-state index contributed by atoms with van der Waals surface area (Å²) in [5, 5.41) is 10.2. The van der Waals surface area contributed by atoms with Crippen molar-refractivity contribution in [2.24, 2.45) is 0 Å². The third-order valence-corrected chi connectivity index (χ3v) is 2.94. The first-order chi connectivity index (χ1) is 6.43. The Hall–Kier alpha value is -1.21. The van der Waals surface area contributed by atoms with Crippen molar-refractivity contribution < 1.29 is 9.72 Å². The maximum absolute atomic E-state index is 10.9. The van der Waals surface area contributed by atoms with Crippen molar-refractivity contribution in [2.45, 2.75) is 6.92 Å². The first-order valence-corrected chi connectivity index (χ1v) is 4.68. The van der Waals surface area contributed by atoms with E-state index in [2.05, 4.69) is 4.98 Å². The van der Waals surface area contributed by atoms with E-state index in [0.29, 0.717) is 0 Å². The van der Waals surface area contributed by atoms with Crippen molar-refractivity contribution in [3.8, 4) is 0 Å². The van der Waals surface area contributed by atoms with Gasteiger partial charge >= 0.3 is 5.00 Å². The number of hydrogen-bond donors (Lipinski definition) is 0. The predicted octanol–water partition coefficient (Wildman–Crippen LogP) is 1.69. The molecule has 0 fully saturated rings. The fraction of sp³-hybridized carbons (Fsp3) is 0.333. The number of carbonyl (C=O) groups is 1. The van der Waals surface area contributed by atoms with E-state index in [1.807, 2.05) is 0 Å². The number of nitro groups is 1. The molecule has 0 aliphatic carbocycles. The summed E-state index contributed by atoms with van der Waals surface area (Å²) >= 11 is 6.28. The third-order valence-electron chi connectivity index (χ3n) is 1.48. The second-order valence-electron chi connectivity index (χ2n) is 2.43. The van der Waals surface area contributed by atoms with Crippen molar-refractivity contribution in [3.05, 3.63) is 15.3 Å². The second kappa shape index (κ2) is 3.89. The summed E-state index contributed by atoms with van der Waals surface area (Å²) in [6, 6.07) is 0. The van der Waals surface area contributed by atoms with Gasteiger partial charge in [-0.1, -0.05) is 11.6 Å². The second-order valence-corrected chi connectivity index (χ2v) is 3.74. The van der Waals surface area contributed by atoms with Crippen LogP contribution in [0.1, 0.15) is 6.92 Å². The van der Waals surface area contributed by atoms with E-state index in [1.54, 1.807) is 0 Å². The van der Waals surface area contributed by atoms with Gasteiger partial charge in [0.2, 0.25) is 11.1 Å². The molecule has 0 aliphatic rings. The molecule has 0 unspecified atom stereocenters. The van der Waals surface area contributed by atoms with E-state index in [0.717, 1.165) is 11.3 Å². The molecule has 76 valence electrons. The summed E-state index contributed by atoms with van der Waals surface area (Å²) in [6.07, 6.45) is 0. The van der Waals surface area contributed by atoms with E-state index >= 15 is 0 Å². The number of anilines is 1. The minimum absolute atomic E-state index is 0.192. The number of thiazole rings is 1. The number of nitrogens with zero attached hydrogens (tertiary/aromatic N) is 3. The molecule has 1 amide bonds. The smallest absolute Gasteiger partial charge is 0.291 e.